The molecule has 1 aromatic heterocycles. The Morgan fingerprint density at radius 1 is 0.517 bits per heavy atom. The maximum absolute atomic E-state index is 9.75. The molecule has 0 amide bonds. The van der Waals surface area contributed by atoms with Crippen LogP contribution in [0.5, 0.6) is 0 Å². The quantitative estimate of drug-likeness (QED) is 0.195. The van der Waals surface area contributed by atoms with Gasteiger partial charge in [0.05, 0.1) is 17.2 Å². The van der Waals surface area contributed by atoms with Crippen LogP contribution in [-0.4, -0.2) is 7.25 Å². The van der Waals surface area contributed by atoms with Crippen LogP contribution in [0, 0.1) is 0 Å². The van der Waals surface area contributed by atoms with Crippen LogP contribution in [-0.2, 0) is 0 Å². The highest BCUT2D eigenvalue weighted by Crippen LogP contribution is 2.35. The normalized spacial score (nSPS) is 10.8. The fourth-order valence-corrected chi connectivity index (χ4v) is 2.88. The molecule has 0 spiro atoms. The summed E-state index contributed by atoms with van der Waals surface area (Å²) >= 11 is 0. The zero-order valence-corrected chi connectivity index (χ0v) is 15.3. The van der Waals surface area contributed by atoms with Crippen molar-refractivity contribution in [2.45, 2.75) is 0 Å². The first-order valence-electron chi connectivity index (χ1n) is 8.91. The van der Waals surface area contributed by atoms with Crippen molar-refractivity contribution in [3.63, 3.8) is 0 Å². The van der Waals surface area contributed by atoms with Crippen LogP contribution in [0.25, 0.3) is 33.6 Å². The Hall–Kier alpha value is -3.41. The van der Waals surface area contributed by atoms with Gasteiger partial charge in [-0.2, -0.15) is 0 Å². The summed E-state index contributed by atoms with van der Waals surface area (Å²) in [6.07, 6.45) is 1.86. The molecule has 0 saturated carbocycles. The van der Waals surface area contributed by atoms with Gasteiger partial charge in [-0.15, -0.1) is 0 Å². The Morgan fingerprint density at radius 2 is 0.897 bits per heavy atom. The average Bonchev–Trinajstić information content (AvgIpc) is 2.74. The Balaban J connectivity index is 0.000000431. The number of hydrogen-bond donors (Lipinski definition) is 0. The lowest BCUT2D eigenvalue weighted by Gasteiger charge is -2.06. The third-order valence-electron chi connectivity index (χ3n) is 4.10. The second kappa shape index (κ2) is 9.19. The van der Waals surface area contributed by atoms with Crippen LogP contribution >= 0.6 is 0 Å². The Labute approximate surface area is 166 Å². The van der Waals surface area contributed by atoms with Crippen LogP contribution in [0.1, 0.15) is 0 Å². The molecule has 0 aliphatic rings. The Bertz CT molecular complexity index is 1030. The Morgan fingerprint density at radius 3 is 1.34 bits per heavy atom. The van der Waals surface area contributed by atoms with Crippen molar-refractivity contribution < 1.29 is 21.7 Å². The lowest BCUT2D eigenvalue weighted by molar-refractivity contribution is 0.368. The first kappa shape index (κ1) is 20.3. The van der Waals surface area contributed by atoms with Crippen molar-refractivity contribution >= 4 is 7.25 Å². The van der Waals surface area contributed by atoms with Crippen molar-refractivity contribution in [2.75, 3.05) is 0 Å². The van der Waals surface area contributed by atoms with Crippen molar-refractivity contribution in [1.82, 2.24) is 0 Å². The van der Waals surface area contributed by atoms with E-state index in [-0.39, 0.29) is 0 Å². The molecule has 1 heterocycles. The molecule has 4 aromatic rings. The molecule has 3 aromatic carbocycles. The van der Waals surface area contributed by atoms with Gasteiger partial charge in [-0.25, -0.2) is 4.42 Å². The summed E-state index contributed by atoms with van der Waals surface area (Å²) in [6, 6.07) is 33.1. The molecule has 6 heteroatoms. The monoisotopic (exact) mass is 396 g/mol. The first-order chi connectivity index (χ1) is 13.9. The van der Waals surface area contributed by atoms with Gasteiger partial charge in [0.1, 0.15) is 0 Å². The van der Waals surface area contributed by atoms with Crippen molar-refractivity contribution in [1.29, 1.82) is 0 Å². The second-order valence-corrected chi connectivity index (χ2v) is 6.16. The van der Waals surface area contributed by atoms with E-state index in [4.69, 9.17) is 4.42 Å². The largest absolute Gasteiger partial charge is 0.673 e. The molecule has 0 unspecified atom stereocenters. The molecule has 0 saturated heterocycles. The van der Waals surface area contributed by atoms with Crippen LogP contribution < -0.4 is 0 Å². The van der Waals surface area contributed by atoms with E-state index >= 15 is 0 Å². The molecule has 0 atom stereocenters. The summed E-state index contributed by atoms with van der Waals surface area (Å²) in [6.45, 7) is 0. The number of rotatable bonds is 3. The molecule has 0 radical (unpaired) electrons. The second-order valence-electron chi connectivity index (χ2n) is 6.16. The van der Waals surface area contributed by atoms with Gasteiger partial charge >= 0.3 is 19.3 Å². The lowest BCUT2D eigenvalue weighted by atomic mass is 9.95. The standard InChI is InChI=1S/C23H17O.BF4/c1-4-10-18(11-5-1)21-16-23(20-14-8-3-9-15-20)24-17-22(21)19-12-6-2-7-13-19;2-1(3,4)5/h1-17H;/q+1;-1. The summed E-state index contributed by atoms with van der Waals surface area (Å²) in [5.74, 6) is 0.870. The van der Waals surface area contributed by atoms with Crippen LogP contribution in [0.15, 0.2) is 108 Å². The molecule has 1 nitrogen and oxygen atoms in total. The molecular weight excluding hydrogens is 379 g/mol. The number of halogens is 4. The summed E-state index contributed by atoms with van der Waals surface area (Å²) in [4.78, 5) is 0. The maximum Gasteiger partial charge on any atom is 0.673 e. The SMILES string of the molecule is F[B-](F)(F)F.c1ccc(-c2cc(-c3ccccc3)c(-c3ccccc3)c[o+]2)cc1. The zero-order valence-electron chi connectivity index (χ0n) is 15.3. The lowest BCUT2D eigenvalue weighted by Crippen LogP contribution is -2.02. The zero-order chi connectivity index (χ0) is 20.7. The fourth-order valence-electron chi connectivity index (χ4n) is 2.88. The molecule has 4 rings (SSSR count). The van der Waals surface area contributed by atoms with Crippen LogP contribution in [0.3, 0.4) is 0 Å². The molecule has 146 valence electrons. The van der Waals surface area contributed by atoms with Gasteiger partial charge in [-0.1, -0.05) is 78.9 Å². The van der Waals surface area contributed by atoms with Crippen molar-refractivity contribution in [2.24, 2.45) is 0 Å². The van der Waals surface area contributed by atoms with E-state index in [0.29, 0.717) is 0 Å². The molecule has 29 heavy (non-hydrogen) atoms. The van der Waals surface area contributed by atoms with E-state index in [2.05, 4.69) is 66.7 Å². The van der Waals surface area contributed by atoms with Gasteiger partial charge in [0.25, 0.3) is 0 Å². The van der Waals surface area contributed by atoms with E-state index in [1.807, 2.05) is 36.6 Å². The molecule has 0 N–H and O–H groups in total. The summed E-state index contributed by atoms with van der Waals surface area (Å²) in [7, 11) is -6.00. The highest BCUT2D eigenvalue weighted by molar-refractivity contribution is 6.50. The van der Waals surface area contributed by atoms with Crippen molar-refractivity contribution in [3.8, 4) is 33.6 Å². The van der Waals surface area contributed by atoms with Gasteiger partial charge in [-0.3, -0.25) is 0 Å². The van der Waals surface area contributed by atoms with Gasteiger partial charge in [0, 0.05) is 5.56 Å². The van der Waals surface area contributed by atoms with Crippen molar-refractivity contribution in [3.05, 3.63) is 103 Å². The molecular formula is C23H17BF4O. The van der Waals surface area contributed by atoms with Gasteiger partial charge < -0.3 is 17.3 Å². The first-order valence-corrected chi connectivity index (χ1v) is 8.91. The minimum Gasteiger partial charge on any atom is -0.418 e. The maximum atomic E-state index is 9.75. The third-order valence-corrected chi connectivity index (χ3v) is 4.10. The minimum absolute atomic E-state index is 0.870. The topological polar surface area (TPSA) is 11.3 Å². The van der Waals surface area contributed by atoms with Gasteiger partial charge in [-0.05, 0) is 23.3 Å². The summed E-state index contributed by atoms with van der Waals surface area (Å²) < 4.78 is 45.0. The van der Waals surface area contributed by atoms with Crippen LogP contribution in [0.2, 0.25) is 0 Å². The predicted octanol–water partition coefficient (Wildman–Crippen LogP) is 7.86. The van der Waals surface area contributed by atoms with Gasteiger partial charge in [0.15, 0.2) is 0 Å². The van der Waals surface area contributed by atoms with E-state index in [9.17, 15) is 17.3 Å². The van der Waals surface area contributed by atoms with Crippen LogP contribution in [0.4, 0.5) is 17.3 Å². The number of benzene rings is 3. The van der Waals surface area contributed by atoms with E-state index in [0.717, 1.165) is 22.5 Å². The smallest absolute Gasteiger partial charge is 0.418 e. The minimum atomic E-state index is -6.00. The predicted molar refractivity (Wildman–Crippen MR) is 110 cm³/mol. The average molecular weight is 396 g/mol. The summed E-state index contributed by atoms with van der Waals surface area (Å²) in [5.41, 5.74) is 5.69. The van der Waals surface area contributed by atoms with E-state index < -0.39 is 7.25 Å². The molecule has 0 aliphatic heterocycles. The highest BCUT2D eigenvalue weighted by Gasteiger charge is 2.20. The third kappa shape index (κ3) is 6.04. The van der Waals surface area contributed by atoms with Gasteiger partial charge in [0.2, 0.25) is 0 Å². The summed E-state index contributed by atoms with van der Waals surface area (Å²) in [5, 5.41) is 0. The molecule has 0 bridgehead atoms. The fraction of sp³-hybridized carbons (Fsp3) is 0. The Kier molecular flexibility index (Phi) is 6.44. The molecule has 0 fully saturated rings. The highest BCUT2D eigenvalue weighted by atomic mass is 19.5. The molecule has 0 aliphatic carbocycles. The van der Waals surface area contributed by atoms with E-state index in [1.165, 1.54) is 11.1 Å². The van der Waals surface area contributed by atoms with E-state index in [1.54, 1.807) is 0 Å². The number of hydrogen-bond acceptors (Lipinski definition) is 0.